The first-order chi connectivity index (χ1) is 25.6. The third kappa shape index (κ3) is 8.31. The van der Waals surface area contributed by atoms with E-state index in [9.17, 15) is 0 Å². The lowest BCUT2D eigenvalue weighted by molar-refractivity contribution is 0.997. The van der Waals surface area contributed by atoms with Gasteiger partial charge in [0.05, 0.1) is 0 Å². The molecule has 2 nitrogen and oxygen atoms in total. The van der Waals surface area contributed by atoms with Crippen LogP contribution in [0.4, 0.5) is 28.4 Å². The van der Waals surface area contributed by atoms with Crippen molar-refractivity contribution in [2.24, 2.45) is 0 Å². The molecule has 0 aliphatic heterocycles. The Morgan fingerprint density at radius 1 is 0.346 bits per heavy atom. The Kier molecular flexibility index (Phi) is 10.8. The smallest absolute Gasteiger partial charge is 0.0462 e. The molecule has 1 aliphatic rings. The first-order valence-electron chi connectivity index (χ1n) is 18.1. The van der Waals surface area contributed by atoms with Crippen molar-refractivity contribution in [2.45, 2.75) is 26.7 Å². The fraction of sp³-hybridized carbons (Fsp3) is 0.0800. The van der Waals surface area contributed by atoms with Gasteiger partial charge in [0.15, 0.2) is 0 Å². The largest absolute Gasteiger partial charge is 0.311 e. The second-order valence-corrected chi connectivity index (χ2v) is 13.1. The third-order valence-corrected chi connectivity index (χ3v) is 9.26. The van der Waals surface area contributed by atoms with E-state index in [1.807, 2.05) is 12.1 Å². The van der Waals surface area contributed by atoms with E-state index < -0.39 is 0 Å². The summed E-state index contributed by atoms with van der Waals surface area (Å²) in [4.78, 5) is 4.61. The van der Waals surface area contributed by atoms with Crippen LogP contribution in [0.1, 0.15) is 24.0 Å². The molecule has 254 valence electrons. The number of hydrogen-bond acceptors (Lipinski definition) is 2. The van der Waals surface area contributed by atoms with Crippen molar-refractivity contribution in [3.63, 3.8) is 0 Å². The minimum Gasteiger partial charge on any atom is -0.311 e. The average Bonchev–Trinajstić information content (AvgIpc) is 3.21. The zero-order valence-corrected chi connectivity index (χ0v) is 29.9. The number of benzene rings is 7. The van der Waals surface area contributed by atoms with Gasteiger partial charge in [0, 0.05) is 34.1 Å². The van der Waals surface area contributed by atoms with Crippen LogP contribution in [0.25, 0.3) is 22.3 Å². The van der Waals surface area contributed by atoms with E-state index in [1.165, 1.54) is 50.5 Å². The minimum atomic E-state index is 1.09. The van der Waals surface area contributed by atoms with Crippen LogP contribution >= 0.6 is 0 Å². The van der Waals surface area contributed by atoms with E-state index >= 15 is 0 Å². The lowest BCUT2D eigenvalue weighted by Crippen LogP contribution is -2.16. The molecule has 0 amide bonds. The van der Waals surface area contributed by atoms with Gasteiger partial charge in [-0.1, -0.05) is 151 Å². The van der Waals surface area contributed by atoms with E-state index in [0.717, 1.165) is 29.9 Å². The SMILES string of the molecule is Cc1ccc(-c2ccc(N(C3=CCCC=C3)c3ccccc3)cc2)cc1.Cc1cccc(-c2ccc(N(c3ccccc3)c3ccccc3)cc2)c1. The maximum atomic E-state index is 2.33. The Labute approximate surface area is 309 Å². The Morgan fingerprint density at radius 2 is 0.788 bits per heavy atom. The van der Waals surface area contributed by atoms with Gasteiger partial charge in [-0.25, -0.2) is 0 Å². The number of anilines is 5. The van der Waals surface area contributed by atoms with Crippen LogP contribution in [0.3, 0.4) is 0 Å². The van der Waals surface area contributed by atoms with Gasteiger partial charge in [0.2, 0.25) is 0 Å². The van der Waals surface area contributed by atoms with Crippen LogP contribution < -0.4 is 9.80 Å². The molecule has 0 spiro atoms. The molecule has 0 saturated carbocycles. The number of para-hydroxylation sites is 3. The molecular weight excluding hydrogens is 629 g/mol. The maximum Gasteiger partial charge on any atom is 0.0462 e. The average molecular weight is 673 g/mol. The van der Waals surface area contributed by atoms with Crippen molar-refractivity contribution in [1.82, 2.24) is 0 Å². The van der Waals surface area contributed by atoms with E-state index in [-0.39, 0.29) is 0 Å². The highest BCUT2D eigenvalue weighted by molar-refractivity contribution is 5.78. The van der Waals surface area contributed by atoms with Gasteiger partial charge >= 0.3 is 0 Å². The normalized spacial score (nSPS) is 11.9. The molecule has 0 atom stereocenters. The summed E-state index contributed by atoms with van der Waals surface area (Å²) in [6, 6.07) is 66.5. The van der Waals surface area contributed by atoms with Gasteiger partial charge < -0.3 is 9.80 Å². The molecule has 0 aromatic heterocycles. The Bertz CT molecular complexity index is 2180. The van der Waals surface area contributed by atoms with Crippen LogP contribution in [0.15, 0.2) is 212 Å². The van der Waals surface area contributed by atoms with E-state index in [0.29, 0.717) is 0 Å². The topological polar surface area (TPSA) is 6.48 Å². The molecule has 0 fully saturated rings. The summed E-state index contributed by atoms with van der Waals surface area (Å²) < 4.78 is 0. The highest BCUT2D eigenvalue weighted by Crippen LogP contribution is 2.36. The van der Waals surface area contributed by atoms with E-state index in [1.54, 1.807) is 0 Å². The van der Waals surface area contributed by atoms with Crippen molar-refractivity contribution in [2.75, 3.05) is 9.80 Å². The quantitative estimate of drug-likeness (QED) is 0.159. The van der Waals surface area contributed by atoms with Gasteiger partial charge in [-0.15, -0.1) is 0 Å². The predicted octanol–water partition coefficient (Wildman–Crippen LogP) is 14.2. The first kappa shape index (κ1) is 34.1. The van der Waals surface area contributed by atoms with Gasteiger partial charge in [0.25, 0.3) is 0 Å². The summed E-state index contributed by atoms with van der Waals surface area (Å²) in [7, 11) is 0. The summed E-state index contributed by atoms with van der Waals surface area (Å²) in [5.41, 5.74) is 14.6. The highest BCUT2D eigenvalue weighted by atomic mass is 15.1. The summed E-state index contributed by atoms with van der Waals surface area (Å²) >= 11 is 0. The predicted molar refractivity (Wildman–Crippen MR) is 223 cm³/mol. The number of aryl methyl sites for hydroxylation is 2. The molecule has 2 heteroatoms. The Hall–Kier alpha value is -6.38. The van der Waals surface area contributed by atoms with Crippen LogP contribution in [0, 0.1) is 13.8 Å². The Morgan fingerprint density at radius 3 is 1.27 bits per heavy atom. The molecule has 52 heavy (non-hydrogen) atoms. The van der Waals surface area contributed by atoms with Crippen molar-refractivity contribution in [1.29, 1.82) is 0 Å². The van der Waals surface area contributed by atoms with Gasteiger partial charge in [-0.3, -0.25) is 0 Å². The molecule has 0 radical (unpaired) electrons. The number of hydrogen-bond donors (Lipinski definition) is 0. The fourth-order valence-corrected chi connectivity index (χ4v) is 6.57. The molecule has 7 aromatic rings. The molecule has 1 aliphatic carbocycles. The molecule has 7 aromatic carbocycles. The highest BCUT2D eigenvalue weighted by Gasteiger charge is 2.15. The van der Waals surface area contributed by atoms with Gasteiger partial charge in [-0.2, -0.15) is 0 Å². The van der Waals surface area contributed by atoms with Crippen molar-refractivity contribution in [3.05, 3.63) is 223 Å². The molecule has 0 saturated heterocycles. The van der Waals surface area contributed by atoms with Gasteiger partial charge in [0.1, 0.15) is 0 Å². The van der Waals surface area contributed by atoms with Crippen LogP contribution in [-0.4, -0.2) is 0 Å². The van der Waals surface area contributed by atoms with Gasteiger partial charge in [-0.05, 0) is 116 Å². The van der Waals surface area contributed by atoms with Crippen molar-refractivity contribution < 1.29 is 0 Å². The summed E-state index contributed by atoms with van der Waals surface area (Å²) in [6.07, 6.45) is 9.02. The molecule has 0 N–H and O–H groups in total. The second-order valence-electron chi connectivity index (χ2n) is 13.1. The lowest BCUT2D eigenvalue weighted by atomic mass is 10.0. The van der Waals surface area contributed by atoms with Crippen molar-refractivity contribution in [3.8, 4) is 22.3 Å². The van der Waals surface area contributed by atoms with Crippen molar-refractivity contribution >= 4 is 28.4 Å². The maximum absolute atomic E-state index is 2.33. The van der Waals surface area contributed by atoms with Crippen LogP contribution in [0.5, 0.6) is 0 Å². The molecule has 0 unspecified atom stereocenters. The standard InChI is InChI=1S/C25H21N.C25H23N/c1-20-9-8-10-22(19-20)21-15-17-25(18-16-21)26(23-11-4-2-5-12-23)24-13-6-3-7-14-24;1-20-12-14-21(15-13-20)22-16-18-25(19-17-22)26(23-8-4-2-5-9-23)24-10-6-3-7-11-24/h2-19H,1H3;2,4-6,8-19H,3,7H2,1H3. The zero-order chi connectivity index (χ0) is 35.5. The minimum absolute atomic E-state index is 1.09. The first-order valence-corrected chi connectivity index (χ1v) is 18.1. The van der Waals surface area contributed by atoms with E-state index in [2.05, 4.69) is 218 Å². The molecular formula is C50H44N2. The second kappa shape index (κ2) is 16.6. The number of nitrogens with zero attached hydrogens (tertiary/aromatic N) is 2. The van der Waals surface area contributed by atoms with Crippen LogP contribution in [0.2, 0.25) is 0 Å². The lowest BCUT2D eigenvalue weighted by Gasteiger charge is -2.27. The number of rotatable bonds is 8. The summed E-state index contributed by atoms with van der Waals surface area (Å²) in [5.74, 6) is 0. The zero-order valence-electron chi connectivity index (χ0n) is 29.9. The monoisotopic (exact) mass is 672 g/mol. The summed E-state index contributed by atoms with van der Waals surface area (Å²) in [6.45, 7) is 4.25. The molecule has 0 heterocycles. The summed E-state index contributed by atoms with van der Waals surface area (Å²) in [5, 5.41) is 0. The molecule has 0 bridgehead atoms. The van der Waals surface area contributed by atoms with Crippen LogP contribution in [-0.2, 0) is 0 Å². The molecule has 8 rings (SSSR count). The third-order valence-electron chi connectivity index (χ3n) is 9.26. The fourth-order valence-electron chi connectivity index (χ4n) is 6.57. The Balaban J connectivity index is 0.000000162. The van der Waals surface area contributed by atoms with E-state index in [4.69, 9.17) is 0 Å². The number of allylic oxidation sites excluding steroid dienone is 3.